The van der Waals surface area contributed by atoms with Crippen molar-refractivity contribution in [3.05, 3.63) is 236 Å². The highest BCUT2D eigenvalue weighted by molar-refractivity contribution is 8.00. The molecule has 454 valence electrons. The molecule has 20 nitrogen and oxygen atoms in total. The van der Waals surface area contributed by atoms with Crippen LogP contribution < -0.4 is 35.5 Å². The first-order valence-electron chi connectivity index (χ1n) is 28.8. The van der Waals surface area contributed by atoms with Crippen LogP contribution in [0, 0.1) is 6.92 Å². The largest absolute Gasteiger partial charge is 0.522 e. The van der Waals surface area contributed by atoms with Crippen molar-refractivity contribution in [1.82, 2.24) is 29.1 Å². The average Bonchev–Trinajstić information content (AvgIpc) is 0.938. The van der Waals surface area contributed by atoms with Gasteiger partial charge in [0, 0.05) is 31.0 Å². The van der Waals surface area contributed by atoms with Crippen molar-refractivity contribution >= 4 is 41.8 Å². The summed E-state index contributed by atoms with van der Waals surface area (Å²) in [4.78, 5) is 55.3. The van der Waals surface area contributed by atoms with Gasteiger partial charge < -0.3 is 43.2 Å². The molecule has 11 rings (SSSR count). The van der Waals surface area contributed by atoms with Crippen molar-refractivity contribution in [3.8, 4) is 23.0 Å². The van der Waals surface area contributed by atoms with E-state index in [1.54, 1.807) is 46.3 Å². The van der Waals surface area contributed by atoms with E-state index in [0.29, 0.717) is 52.6 Å². The minimum atomic E-state index is -2.18. The summed E-state index contributed by atoms with van der Waals surface area (Å²) in [7, 11) is 4.28. The summed E-state index contributed by atoms with van der Waals surface area (Å²) in [6.07, 6.45) is 0.896. The molecule has 1 amide bonds. The maximum Gasteiger partial charge on any atom is 0.522 e. The molecule has 0 aliphatic carbocycles. The van der Waals surface area contributed by atoms with Crippen LogP contribution in [0.5, 0.6) is 23.0 Å². The Hall–Kier alpha value is -8.50. The second kappa shape index (κ2) is 27.3. The van der Waals surface area contributed by atoms with E-state index in [-0.39, 0.29) is 37.8 Å². The molecule has 6 aromatic carbocycles. The summed E-state index contributed by atoms with van der Waals surface area (Å²) in [5, 5.41) is 2.88. The average molecular weight is 1230 g/mol. The number of hydrogen-bond donors (Lipinski definition) is 2. The van der Waals surface area contributed by atoms with Gasteiger partial charge in [0.15, 0.2) is 17.0 Å². The Kier molecular flexibility index (Phi) is 18.9. The van der Waals surface area contributed by atoms with Crippen molar-refractivity contribution in [1.29, 1.82) is 0 Å². The van der Waals surface area contributed by atoms with Crippen LogP contribution in [0.2, 0.25) is 0 Å². The topological polar surface area (TPSA) is 220 Å². The molecule has 0 bridgehead atoms. The van der Waals surface area contributed by atoms with E-state index in [0.717, 1.165) is 33.4 Å². The van der Waals surface area contributed by atoms with E-state index < -0.39 is 66.5 Å². The predicted molar refractivity (Wildman–Crippen MR) is 333 cm³/mol. The first kappa shape index (κ1) is 61.2. The fourth-order valence-corrected chi connectivity index (χ4v) is 12.8. The number of H-pyrrole nitrogens is 1. The highest BCUT2D eigenvalue weighted by Gasteiger charge is 2.49. The molecule has 0 radical (unpaired) electrons. The van der Waals surface area contributed by atoms with Gasteiger partial charge in [-0.05, 0) is 95.3 Å². The summed E-state index contributed by atoms with van der Waals surface area (Å²) in [5.41, 5.74) is 2.22. The molecular weight excluding hydrogens is 1160 g/mol. The van der Waals surface area contributed by atoms with Crippen LogP contribution in [-0.4, -0.2) is 101 Å². The van der Waals surface area contributed by atoms with Crippen LogP contribution in [0.25, 0.3) is 11.2 Å². The third kappa shape index (κ3) is 12.6. The van der Waals surface area contributed by atoms with Gasteiger partial charge in [-0.2, -0.15) is 0 Å². The minimum Gasteiger partial charge on any atom is -0.497 e. The number of carbonyl (C=O) groups is 1. The van der Waals surface area contributed by atoms with Crippen LogP contribution in [0.3, 0.4) is 0 Å². The molecule has 2 aliphatic heterocycles. The zero-order valence-electron chi connectivity index (χ0n) is 49.3. The van der Waals surface area contributed by atoms with Crippen LogP contribution in [0.1, 0.15) is 84.0 Å². The lowest BCUT2D eigenvalue weighted by Crippen LogP contribution is -2.41. The lowest BCUT2D eigenvalue weighted by atomic mass is 9.79. The van der Waals surface area contributed by atoms with E-state index >= 15 is 0 Å². The molecule has 2 N–H and O–H groups in total. The number of imidazole rings is 1. The quantitative estimate of drug-likeness (QED) is 0.0401. The van der Waals surface area contributed by atoms with E-state index in [1.165, 1.54) is 17.1 Å². The molecule has 2 fully saturated rings. The highest BCUT2D eigenvalue weighted by Crippen LogP contribution is 2.48. The lowest BCUT2D eigenvalue weighted by molar-refractivity contribution is -0.116. The molecule has 9 aromatic rings. The maximum absolute atomic E-state index is 13.7. The second-order valence-corrected chi connectivity index (χ2v) is 23.0. The van der Waals surface area contributed by atoms with Crippen molar-refractivity contribution in [2.75, 3.05) is 47.0 Å². The smallest absolute Gasteiger partial charge is 0.497 e. The SMILES string of the molecule is CCCC(=O)Nc1ncnc2c1ncn2[C@H]1C[C@H](O[P+](=S)OC[C@H]2O[C@@H](n3cc(C)c(=O)[nH]c3=O)C[C@@H]2OC(c2ccccc2)(c2ccc(OC)cc2)c2ccc(OC)cc2)[C@@H](COC(c2ccccc2)(c2ccc(OC)cc2)c2ccc(OC)cc2)O1. The van der Waals surface area contributed by atoms with Crippen molar-refractivity contribution < 1.29 is 51.7 Å². The summed E-state index contributed by atoms with van der Waals surface area (Å²) in [6.45, 7) is 3.36. The van der Waals surface area contributed by atoms with Gasteiger partial charge in [-0.1, -0.05) is 116 Å². The number of aromatic nitrogens is 6. The summed E-state index contributed by atoms with van der Waals surface area (Å²) in [5.74, 6) is 2.71. The van der Waals surface area contributed by atoms with E-state index in [2.05, 4.69) is 25.3 Å². The van der Waals surface area contributed by atoms with Crippen molar-refractivity contribution in [3.63, 3.8) is 0 Å². The Morgan fingerprint density at radius 2 is 1.11 bits per heavy atom. The minimum absolute atomic E-state index is 0.0402. The number of ether oxygens (including phenoxy) is 8. The molecule has 0 saturated carbocycles. The first-order chi connectivity index (χ1) is 42.9. The van der Waals surface area contributed by atoms with E-state index in [9.17, 15) is 14.4 Å². The number of aromatic amines is 1. The number of nitrogens with one attached hydrogen (secondary N) is 2. The molecular formula is C66H67N7O13PS+. The van der Waals surface area contributed by atoms with Gasteiger partial charge >= 0.3 is 12.8 Å². The van der Waals surface area contributed by atoms with Crippen LogP contribution in [0.4, 0.5) is 5.82 Å². The third-order valence-corrected chi connectivity index (χ3v) is 17.3. The number of aryl methyl sites for hydroxylation is 1. The highest BCUT2D eigenvalue weighted by atomic mass is 32.4. The Morgan fingerprint density at radius 3 is 1.64 bits per heavy atom. The Morgan fingerprint density at radius 1 is 0.636 bits per heavy atom. The summed E-state index contributed by atoms with van der Waals surface area (Å²) < 4.78 is 68.1. The molecule has 5 heterocycles. The molecule has 2 saturated heterocycles. The van der Waals surface area contributed by atoms with Gasteiger partial charge in [0.25, 0.3) is 5.56 Å². The number of amides is 1. The number of methoxy groups -OCH3 is 4. The number of rotatable bonds is 25. The molecule has 88 heavy (non-hydrogen) atoms. The van der Waals surface area contributed by atoms with Gasteiger partial charge in [0.05, 0.1) is 47.5 Å². The zero-order chi connectivity index (χ0) is 61.4. The Labute approximate surface area is 514 Å². The van der Waals surface area contributed by atoms with Crippen LogP contribution >= 0.6 is 7.15 Å². The molecule has 7 atom stereocenters. The van der Waals surface area contributed by atoms with E-state index in [4.69, 9.17) is 58.7 Å². The van der Waals surface area contributed by atoms with Crippen molar-refractivity contribution in [2.45, 2.75) is 87.6 Å². The molecule has 3 aromatic heterocycles. The fourth-order valence-electron chi connectivity index (χ4n) is 11.5. The number of benzene rings is 6. The second-order valence-electron chi connectivity index (χ2n) is 21.2. The van der Waals surface area contributed by atoms with Gasteiger partial charge in [-0.15, -0.1) is 9.05 Å². The van der Waals surface area contributed by atoms with Gasteiger partial charge in [0.1, 0.15) is 77.9 Å². The fraction of sp³-hybridized carbons (Fsp3) is 0.303. The molecule has 22 heteroatoms. The molecule has 0 spiro atoms. The molecule has 1 unspecified atom stereocenters. The van der Waals surface area contributed by atoms with Crippen LogP contribution in [0.15, 0.2) is 186 Å². The van der Waals surface area contributed by atoms with Crippen LogP contribution in [-0.2, 0) is 55.8 Å². The summed E-state index contributed by atoms with van der Waals surface area (Å²) in [6, 6.07) is 50.6. The van der Waals surface area contributed by atoms with E-state index in [1.807, 2.05) is 165 Å². The first-order valence-corrected chi connectivity index (χ1v) is 30.9. The normalized spacial score (nSPS) is 18.7. The van der Waals surface area contributed by atoms with Gasteiger partial charge in [-0.25, -0.2) is 19.7 Å². The predicted octanol–water partition coefficient (Wildman–Crippen LogP) is 10.6. The van der Waals surface area contributed by atoms with Crippen molar-refractivity contribution in [2.24, 2.45) is 0 Å². The Balaban J connectivity index is 0.947. The van der Waals surface area contributed by atoms with Gasteiger partial charge in [-0.3, -0.25) is 23.7 Å². The number of carbonyl (C=O) groups excluding carboxylic acids is 1. The number of fused-ring (bicyclic) bond motifs is 1. The maximum atomic E-state index is 13.7. The lowest BCUT2D eigenvalue weighted by Gasteiger charge is -2.39. The number of hydrogen-bond acceptors (Lipinski definition) is 17. The molecule has 2 aliphatic rings. The standard InChI is InChI=1S/C66H66N7O13PS/c1-7-14-57(74)70-61-60-62(68-40-67-61)73(41-69-60)59-36-54(55(83-59)38-81-65(43-15-10-8-11-16-43,45-19-27-49(77-3)28-20-45)46-21-29-50(78-4)30-22-46)86-87(88)82-39-56-53(35-58(84-56)72-37-42(2)63(75)71-64(72)76)85-66(44-17-12-9-13-18-44,47-23-31-51(79-5)32-24-47)48-25-33-52(80-6)34-26-48/h8-13,15-34,37,40-41,53-56,58-59H,7,14,35-36,38-39H2,1-6H3,(H-,67,68,70,71,74,75,76)/p+1/t53-,54-,55+,56+,58+,59+/m0/s1. The summed E-state index contributed by atoms with van der Waals surface area (Å²) >= 11 is 6.20. The zero-order valence-corrected chi connectivity index (χ0v) is 51.1. The number of anilines is 1. The third-order valence-electron chi connectivity index (χ3n) is 15.9. The monoisotopic (exact) mass is 1230 g/mol. The van der Waals surface area contributed by atoms with Gasteiger partial charge in [0.2, 0.25) is 17.7 Å². The Bertz CT molecular complexity index is 3870. The number of nitrogens with zero attached hydrogens (tertiary/aromatic N) is 5.